The monoisotopic (exact) mass is 363 g/mol. The molecule has 3 rings (SSSR count). The molecule has 0 atom stereocenters. The number of carbonyl (C=O) groups is 2. The van der Waals surface area contributed by atoms with Crippen LogP contribution in [0.15, 0.2) is 61.2 Å². The summed E-state index contributed by atoms with van der Waals surface area (Å²) < 4.78 is 4.64. The molecular formula is C19H17N5O3. The Morgan fingerprint density at radius 1 is 1.04 bits per heavy atom. The number of pyridine rings is 1. The number of hydrogen-bond acceptors (Lipinski definition) is 7. The maximum Gasteiger partial charge on any atom is 0.337 e. The predicted octanol–water partition coefficient (Wildman–Crippen LogP) is 2.52. The van der Waals surface area contributed by atoms with Gasteiger partial charge in [0.05, 0.1) is 12.7 Å². The van der Waals surface area contributed by atoms with E-state index in [4.69, 9.17) is 0 Å². The largest absolute Gasteiger partial charge is 0.465 e. The van der Waals surface area contributed by atoms with E-state index < -0.39 is 5.97 Å². The Morgan fingerprint density at radius 2 is 1.78 bits per heavy atom. The van der Waals surface area contributed by atoms with Gasteiger partial charge in [-0.2, -0.15) is 0 Å². The van der Waals surface area contributed by atoms with E-state index >= 15 is 0 Å². The van der Waals surface area contributed by atoms with Crippen LogP contribution in [0, 0.1) is 0 Å². The van der Waals surface area contributed by atoms with Gasteiger partial charge in [0, 0.05) is 30.7 Å². The van der Waals surface area contributed by atoms with Crippen molar-refractivity contribution >= 4 is 23.4 Å². The van der Waals surface area contributed by atoms with Crippen molar-refractivity contribution in [1.82, 2.24) is 15.0 Å². The van der Waals surface area contributed by atoms with Crippen molar-refractivity contribution in [2.75, 3.05) is 17.7 Å². The highest BCUT2D eigenvalue weighted by atomic mass is 16.5. The van der Waals surface area contributed by atoms with Crippen molar-refractivity contribution in [1.29, 1.82) is 0 Å². The minimum atomic E-state index is -0.436. The fourth-order valence-corrected chi connectivity index (χ4v) is 2.27. The summed E-state index contributed by atoms with van der Waals surface area (Å²) in [6.07, 6.45) is 4.74. The van der Waals surface area contributed by atoms with Crippen LogP contribution in [0.5, 0.6) is 0 Å². The average molecular weight is 363 g/mol. The summed E-state index contributed by atoms with van der Waals surface area (Å²) in [6, 6.07) is 11.7. The molecule has 27 heavy (non-hydrogen) atoms. The summed E-state index contributed by atoms with van der Waals surface area (Å²) in [5.74, 6) is -0.281. The van der Waals surface area contributed by atoms with Crippen LogP contribution in [0.1, 0.15) is 26.4 Å². The first-order valence-corrected chi connectivity index (χ1v) is 8.10. The van der Waals surface area contributed by atoms with E-state index in [1.807, 2.05) is 12.1 Å². The van der Waals surface area contributed by atoms with Crippen molar-refractivity contribution < 1.29 is 14.3 Å². The van der Waals surface area contributed by atoms with Gasteiger partial charge in [0.2, 0.25) is 0 Å². The van der Waals surface area contributed by atoms with E-state index in [1.165, 1.54) is 13.4 Å². The molecule has 1 aromatic carbocycles. The molecule has 2 heterocycles. The molecule has 0 unspecified atom stereocenters. The summed E-state index contributed by atoms with van der Waals surface area (Å²) in [6.45, 7) is 0.551. The molecule has 0 fully saturated rings. The maximum absolute atomic E-state index is 12.4. The molecule has 8 nitrogen and oxygen atoms in total. The number of anilines is 2. The molecule has 0 bridgehead atoms. The van der Waals surface area contributed by atoms with Crippen LogP contribution in [0.3, 0.4) is 0 Å². The van der Waals surface area contributed by atoms with Crippen molar-refractivity contribution in [3.8, 4) is 0 Å². The summed E-state index contributed by atoms with van der Waals surface area (Å²) in [7, 11) is 1.31. The summed E-state index contributed by atoms with van der Waals surface area (Å²) >= 11 is 0. The zero-order chi connectivity index (χ0) is 19.1. The van der Waals surface area contributed by atoms with Gasteiger partial charge >= 0.3 is 5.97 Å². The van der Waals surface area contributed by atoms with E-state index in [0.29, 0.717) is 23.6 Å². The normalized spacial score (nSPS) is 10.1. The number of ether oxygens (including phenoxy) is 1. The molecule has 2 aromatic heterocycles. The first-order valence-electron chi connectivity index (χ1n) is 8.10. The van der Waals surface area contributed by atoms with Crippen LogP contribution in [0.2, 0.25) is 0 Å². The van der Waals surface area contributed by atoms with E-state index in [1.54, 1.807) is 42.7 Å². The second-order valence-electron chi connectivity index (χ2n) is 5.52. The summed E-state index contributed by atoms with van der Waals surface area (Å²) in [5.41, 5.74) is 2.21. The molecule has 0 saturated heterocycles. The molecule has 0 spiro atoms. The van der Waals surface area contributed by atoms with Crippen LogP contribution in [-0.2, 0) is 11.3 Å². The highest BCUT2D eigenvalue weighted by Gasteiger charge is 2.10. The third kappa shape index (κ3) is 4.85. The Hall–Kier alpha value is -3.81. The van der Waals surface area contributed by atoms with Crippen molar-refractivity contribution in [2.24, 2.45) is 0 Å². The predicted molar refractivity (Wildman–Crippen MR) is 99.3 cm³/mol. The van der Waals surface area contributed by atoms with Crippen LogP contribution >= 0.6 is 0 Å². The molecule has 8 heteroatoms. The molecule has 3 aromatic rings. The quantitative estimate of drug-likeness (QED) is 0.648. The van der Waals surface area contributed by atoms with Crippen molar-refractivity contribution in [3.05, 3.63) is 78.0 Å². The molecule has 2 N–H and O–H groups in total. The van der Waals surface area contributed by atoms with Crippen LogP contribution < -0.4 is 10.6 Å². The number of hydrogen-bond donors (Lipinski definition) is 2. The van der Waals surface area contributed by atoms with Gasteiger partial charge in [-0.25, -0.2) is 14.8 Å². The van der Waals surface area contributed by atoms with Gasteiger partial charge in [0.15, 0.2) is 0 Å². The van der Waals surface area contributed by atoms with Crippen molar-refractivity contribution in [3.63, 3.8) is 0 Å². The lowest BCUT2D eigenvalue weighted by atomic mass is 10.2. The molecule has 0 radical (unpaired) electrons. The molecule has 0 aliphatic heterocycles. The van der Waals surface area contributed by atoms with Gasteiger partial charge in [-0.1, -0.05) is 0 Å². The number of aromatic nitrogens is 3. The van der Waals surface area contributed by atoms with Gasteiger partial charge in [-0.15, -0.1) is 0 Å². The fourth-order valence-electron chi connectivity index (χ4n) is 2.27. The van der Waals surface area contributed by atoms with Crippen LogP contribution in [-0.4, -0.2) is 33.9 Å². The topological polar surface area (TPSA) is 106 Å². The highest BCUT2D eigenvalue weighted by molar-refractivity contribution is 6.03. The number of rotatable bonds is 6. The number of benzene rings is 1. The molecule has 136 valence electrons. The molecule has 1 amide bonds. The molecule has 0 aliphatic carbocycles. The van der Waals surface area contributed by atoms with E-state index in [9.17, 15) is 9.59 Å². The Kier molecular flexibility index (Phi) is 5.68. The van der Waals surface area contributed by atoms with Gasteiger partial charge in [0.25, 0.3) is 5.91 Å². The summed E-state index contributed by atoms with van der Waals surface area (Å²) in [4.78, 5) is 35.9. The van der Waals surface area contributed by atoms with Crippen LogP contribution in [0.4, 0.5) is 11.5 Å². The lowest BCUT2D eigenvalue weighted by molar-refractivity contribution is 0.0600. The number of amides is 1. The Balaban J connectivity index is 1.63. The maximum atomic E-state index is 12.4. The lowest BCUT2D eigenvalue weighted by Crippen LogP contribution is -2.15. The first kappa shape index (κ1) is 18.0. The average Bonchev–Trinajstić information content (AvgIpc) is 2.73. The van der Waals surface area contributed by atoms with Crippen molar-refractivity contribution in [2.45, 2.75) is 6.54 Å². The molecule has 0 aliphatic rings. The smallest absolute Gasteiger partial charge is 0.337 e. The molecule has 0 saturated carbocycles. The third-order valence-electron chi connectivity index (χ3n) is 3.69. The van der Waals surface area contributed by atoms with Gasteiger partial charge < -0.3 is 15.4 Å². The van der Waals surface area contributed by atoms with E-state index in [-0.39, 0.29) is 11.6 Å². The van der Waals surface area contributed by atoms with Gasteiger partial charge in [-0.05, 0) is 42.0 Å². The molecular weight excluding hydrogens is 346 g/mol. The minimum absolute atomic E-state index is 0.222. The van der Waals surface area contributed by atoms with Gasteiger partial charge in [0.1, 0.15) is 17.8 Å². The van der Waals surface area contributed by atoms with E-state index in [2.05, 4.69) is 30.3 Å². The fraction of sp³-hybridized carbons (Fsp3) is 0.105. The number of methoxy groups -OCH3 is 1. The Labute approximate surface area is 155 Å². The van der Waals surface area contributed by atoms with E-state index in [0.717, 1.165) is 5.56 Å². The minimum Gasteiger partial charge on any atom is -0.465 e. The SMILES string of the molecule is COC(=O)c1ccc(NC(=O)c2cc(NCc3ccncc3)ncn2)cc1. The second kappa shape index (κ2) is 8.52. The number of nitrogens with zero attached hydrogens (tertiary/aromatic N) is 3. The number of carbonyl (C=O) groups excluding carboxylic acids is 2. The second-order valence-corrected chi connectivity index (χ2v) is 5.52. The Bertz CT molecular complexity index is 930. The lowest BCUT2D eigenvalue weighted by Gasteiger charge is -2.08. The van der Waals surface area contributed by atoms with Crippen LogP contribution in [0.25, 0.3) is 0 Å². The summed E-state index contributed by atoms with van der Waals surface area (Å²) in [5, 5.41) is 5.86. The highest BCUT2D eigenvalue weighted by Crippen LogP contribution is 2.13. The number of nitrogens with one attached hydrogen (secondary N) is 2. The Morgan fingerprint density at radius 3 is 2.48 bits per heavy atom. The number of esters is 1. The third-order valence-corrected chi connectivity index (χ3v) is 3.69. The zero-order valence-corrected chi connectivity index (χ0v) is 14.5. The standard InChI is InChI=1S/C19H17N5O3/c1-27-19(26)14-2-4-15(5-3-14)24-18(25)16-10-17(23-12-22-16)21-11-13-6-8-20-9-7-13/h2-10,12H,11H2,1H3,(H,24,25)(H,21,22,23). The zero-order valence-electron chi connectivity index (χ0n) is 14.5. The first-order chi connectivity index (χ1) is 13.2. The van der Waals surface area contributed by atoms with Gasteiger partial charge in [-0.3, -0.25) is 9.78 Å².